The average molecular weight is 443 g/mol. The Bertz CT molecular complexity index is 802. The number of aliphatic hydroxyl groups excluding tert-OH is 1. The molecule has 1 fully saturated rings. The van der Waals surface area contributed by atoms with Gasteiger partial charge in [-0.3, -0.25) is 14.4 Å². The Labute approximate surface area is 189 Å². The van der Waals surface area contributed by atoms with E-state index in [1.807, 2.05) is 42.5 Å². The van der Waals surface area contributed by atoms with Crippen molar-refractivity contribution in [3.63, 3.8) is 0 Å². The molecular weight excluding hydrogens is 408 g/mol. The predicted octanol–water partition coefficient (Wildman–Crippen LogP) is 2.42. The first-order valence-electron chi connectivity index (χ1n) is 11.6. The number of benzene rings is 1. The standard InChI is InChI=1S/C25H34N2O5/c28-17-21(15-19-9-3-1-4-10-19)26-22(29)16-20-11-5-2-6-12-23(30)32-18-25(27-24(20)31)13-7-8-14-25/h1-5,9-10,20-21,28H,6-8,11-18H2,(H,26,29)(H,27,31)/t20-,21-/m1/s1. The van der Waals surface area contributed by atoms with Crippen LogP contribution in [-0.2, 0) is 25.5 Å². The molecule has 2 aliphatic rings. The minimum atomic E-state index is -0.536. The third-order valence-electron chi connectivity index (χ3n) is 6.27. The molecule has 1 spiro atoms. The molecule has 1 aliphatic carbocycles. The van der Waals surface area contributed by atoms with Gasteiger partial charge in [-0.25, -0.2) is 0 Å². The SMILES string of the molecule is O=C(C[C@H]1CC=CCCC(=O)OCC2(CCCC2)NC1=O)N[C@@H](CO)Cc1ccccc1. The van der Waals surface area contributed by atoms with Crippen molar-refractivity contribution in [3.05, 3.63) is 48.0 Å². The lowest BCUT2D eigenvalue weighted by molar-refractivity contribution is -0.147. The summed E-state index contributed by atoms with van der Waals surface area (Å²) in [6, 6.07) is 9.26. The fraction of sp³-hybridized carbons (Fsp3) is 0.560. The number of carbonyl (C=O) groups is 3. The van der Waals surface area contributed by atoms with Crippen molar-refractivity contribution in [2.75, 3.05) is 13.2 Å². The number of esters is 1. The molecule has 1 aromatic rings. The number of rotatable bonds is 6. The smallest absolute Gasteiger partial charge is 0.306 e. The lowest BCUT2D eigenvalue weighted by Gasteiger charge is -2.32. The summed E-state index contributed by atoms with van der Waals surface area (Å²) in [7, 11) is 0. The van der Waals surface area contributed by atoms with E-state index < -0.39 is 17.5 Å². The first kappa shape index (κ1) is 24.0. The van der Waals surface area contributed by atoms with E-state index in [0.29, 0.717) is 25.7 Å². The number of ether oxygens (including phenoxy) is 1. The summed E-state index contributed by atoms with van der Waals surface area (Å²) in [6.45, 7) is 0.00967. The molecule has 3 rings (SSSR count). The van der Waals surface area contributed by atoms with Gasteiger partial charge in [0.05, 0.1) is 24.1 Å². The molecule has 0 unspecified atom stereocenters. The van der Waals surface area contributed by atoms with Crippen LogP contribution in [0.15, 0.2) is 42.5 Å². The third-order valence-corrected chi connectivity index (χ3v) is 6.27. The Morgan fingerprint density at radius 2 is 1.94 bits per heavy atom. The van der Waals surface area contributed by atoms with Crippen molar-refractivity contribution in [2.45, 2.75) is 69.4 Å². The summed E-state index contributed by atoms with van der Waals surface area (Å²) in [4.78, 5) is 37.8. The summed E-state index contributed by atoms with van der Waals surface area (Å²) in [5.74, 6) is -1.21. The van der Waals surface area contributed by atoms with Gasteiger partial charge >= 0.3 is 5.97 Å². The fourth-order valence-corrected chi connectivity index (χ4v) is 4.44. The highest BCUT2D eigenvalue weighted by Gasteiger charge is 2.38. The maximum atomic E-state index is 13.1. The Balaban J connectivity index is 1.64. The van der Waals surface area contributed by atoms with Crippen molar-refractivity contribution in [1.82, 2.24) is 10.6 Å². The minimum Gasteiger partial charge on any atom is -0.463 e. The monoisotopic (exact) mass is 442 g/mol. The van der Waals surface area contributed by atoms with Gasteiger partial charge in [0.15, 0.2) is 0 Å². The molecule has 174 valence electrons. The maximum Gasteiger partial charge on any atom is 0.306 e. The van der Waals surface area contributed by atoms with Gasteiger partial charge < -0.3 is 20.5 Å². The number of carbonyl (C=O) groups excluding carboxylic acids is 3. The highest BCUT2D eigenvalue weighted by Crippen LogP contribution is 2.31. The van der Waals surface area contributed by atoms with E-state index >= 15 is 0 Å². The summed E-state index contributed by atoms with van der Waals surface area (Å²) >= 11 is 0. The number of allylic oxidation sites excluding steroid dienone is 2. The quantitative estimate of drug-likeness (QED) is 0.464. The maximum absolute atomic E-state index is 13.1. The molecule has 2 amide bonds. The Morgan fingerprint density at radius 1 is 1.19 bits per heavy atom. The fourth-order valence-electron chi connectivity index (χ4n) is 4.44. The number of aliphatic hydroxyl groups is 1. The van der Waals surface area contributed by atoms with E-state index in [0.717, 1.165) is 31.2 Å². The van der Waals surface area contributed by atoms with Crippen LogP contribution in [0.25, 0.3) is 0 Å². The van der Waals surface area contributed by atoms with Crippen LogP contribution in [0.5, 0.6) is 0 Å². The van der Waals surface area contributed by atoms with Crippen molar-refractivity contribution in [2.24, 2.45) is 5.92 Å². The molecule has 0 bridgehead atoms. The molecule has 2 atom stereocenters. The second kappa shape index (κ2) is 11.8. The second-order valence-electron chi connectivity index (χ2n) is 8.92. The minimum absolute atomic E-state index is 0.0390. The van der Waals surface area contributed by atoms with E-state index in [1.165, 1.54) is 0 Å². The van der Waals surface area contributed by atoms with Gasteiger partial charge in [0.25, 0.3) is 0 Å². The molecule has 3 N–H and O–H groups in total. The largest absolute Gasteiger partial charge is 0.463 e. The average Bonchev–Trinajstić information content (AvgIpc) is 3.24. The van der Waals surface area contributed by atoms with Gasteiger partial charge in [-0.15, -0.1) is 0 Å². The van der Waals surface area contributed by atoms with E-state index in [-0.39, 0.29) is 37.4 Å². The van der Waals surface area contributed by atoms with E-state index in [2.05, 4.69) is 10.6 Å². The van der Waals surface area contributed by atoms with Crippen LogP contribution in [-0.4, -0.2) is 47.7 Å². The summed E-state index contributed by atoms with van der Waals surface area (Å²) in [5.41, 5.74) is 0.488. The summed E-state index contributed by atoms with van der Waals surface area (Å²) in [5, 5.41) is 15.7. The first-order valence-corrected chi connectivity index (χ1v) is 11.6. The summed E-state index contributed by atoms with van der Waals surface area (Å²) < 4.78 is 5.45. The number of nitrogens with one attached hydrogen (secondary N) is 2. The lowest BCUT2D eigenvalue weighted by atomic mass is 9.93. The van der Waals surface area contributed by atoms with Crippen LogP contribution in [0.2, 0.25) is 0 Å². The van der Waals surface area contributed by atoms with Crippen molar-refractivity contribution < 1.29 is 24.2 Å². The molecular formula is C25H34N2O5. The second-order valence-corrected chi connectivity index (χ2v) is 8.92. The van der Waals surface area contributed by atoms with E-state index in [1.54, 1.807) is 0 Å². The van der Waals surface area contributed by atoms with Crippen LogP contribution < -0.4 is 10.6 Å². The topological polar surface area (TPSA) is 105 Å². The number of cyclic esters (lactones) is 1. The van der Waals surface area contributed by atoms with Gasteiger partial charge in [-0.2, -0.15) is 0 Å². The van der Waals surface area contributed by atoms with Crippen molar-refractivity contribution >= 4 is 17.8 Å². The lowest BCUT2D eigenvalue weighted by Crippen LogP contribution is -2.52. The van der Waals surface area contributed by atoms with Crippen LogP contribution in [0.3, 0.4) is 0 Å². The molecule has 1 aliphatic heterocycles. The Hall–Kier alpha value is -2.67. The highest BCUT2D eigenvalue weighted by molar-refractivity contribution is 5.86. The van der Waals surface area contributed by atoms with E-state index in [4.69, 9.17) is 4.74 Å². The Morgan fingerprint density at radius 3 is 2.66 bits per heavy atom. The van der Waals surface area contributed by atoms with Crippen LogP contribution in [0, 0.1) is 5.92 Å². The Kier molecular flexibility index (Phi) is 8.85. The van der Waals surface area contributed by atoms with Gasteiger partial charge in [0, 0.05) is 12.8 Å². The van der Waals surface area contributed by atoms with Gasteiger partial charge in [-0.05, 0) is 37.7 Å². The normalized spacial score (nSPS) is 22.3. The van der Waals surface area contributed by atoms with Gasteiger partial charge in [0.2, 0.25) is 11.8 Å². The van der Waals surface area contributed by atoms with Crippen LogP contribution in [0.1, 0.15) is 56.9 Å². The molecule has 7 nitrogen and oxygen atoms in total. The number of amides is 2. The van der Waals surface area contributed by atoms with Gasteiger partial charge in [-0.1, -0.05) is 55.3 Å². The molecule has 1 aromatic carbocycles. The molecule has 32 heavy (non-hydrogen) atoms. The van der Waals surface area contributed by atoms with Crippen molar-refractivity contribution in [3.8, 4) is 0 Å². The molecule has 0 aromatic heterocycles. The highest BCUT2D eigenvalue weighted by atomic mass is 16.5. The zero-order valence-corrected chi connectivity index (χ0v) is 18.6. The molecule has 7 heteroatoms. The van der Waals surface area contributed by atoms with E-state index in [9.17, 15) is 19.5 Å². The number of hydrogen-bond donors (Lipinski definition) is 3. The molecule has 0 saturated heterocycles. The molecule has 1 heterocycles. The molecule has 1 saturated carbocycles. The molecule has 0 radical (unpaired) electrons. The van der Waals surface area contributed by atoms with Crippen molar-refractivity contribution in [1.29, 1.82) is 0 Å². The zero-order valence-electron chi connectivity index (χ0n) is 18.6. The van der Waals surface area contributed by atoms with Gasteiger partial charge in [0.1, 0.15) is 6.61 Å². The third kappa shape index (κ3) is 7.19. The van der Waals surface area contributed by atoms with Crippen LogP contribution >= 0.6 is 0 Å². The number of hydrogen-bond acceptors (Lipinski definition) is 5. The zero-order chi connectivity index (χ0) is 22.8. The van der Waals surface area contributed by atoms with Crippen LogP contribution in [0.4, 0.5) is 0 Å². The predicted molar refractivity (Wildman–Crippen MR) is 121 cm³/mol. The first-order chi connectivity index (χ1) is 15.5. The summed E-state index contributed by atoms with van der Waals surface area (Å²) in [6.07, 6.45) is 9.05.